The van der Waals surface area contributed by atoms with Crippen molar-refractivity contribution in [2.24, 2.45) is 11.3 Å². The van der Waals surface area contributed by atoms with Crippen LogP contribution in [0.4, 0.5) is 0 Å². The van der Waals surface area contributed by atoms with Gasteiger partial charge in [-0.25, -0.2) is 0 Å². The van der Waals surface area contributed by atoms with Gasteiger partial charge in [0, 0.05) is 13.1 Å². The predicted molar refractivity (Wildman–Crippen MR) is 71.5 cm³/mol. The average Bonchev–Trinajstić information content (AvgIpc) is 2.29. The Morgan fingerprint density at radius 3 is 2.50 bits per heavy atom. The Hall–Kier alpha value is -0.610. The smallest absolute Gasteiger partial charge is 0.306 e. The monoisotopic (exact) mass is 257 g/mol. The first kappa shape index (κ1) is 15.4. The van der Waals surface area contributed by atoms with Crippen molar-refractivity contribution in [1.82, 2.24) is 5.32 Å². The first-order chi connectivity index (χ1) is 8.42. The molecular weight excluding hydrogens is 230 g/mol. The lowest BCUT2D eigenvalue weighted by Crippen LogP contribution is -2.40. The van der Waals surface area contributed by atoms with Crippen LogP contribution in [-0.4, -0.2) is 35.4 Å². The van der Waals surface area contributed by atoms with Crippen LogP contribution in [0.5, 0.6) is 0 Å². The molecule has 0 radical (unpaired) electrons. The molecule has 4 heteroatoms. The maximum atomic E-state index is 10.4. The van der Waals surface area contributed by atoms with Gasteiger partial charge in [-0.15, -0.1) is 0 Å². The number of aliphatic hydroxyl groups excluding tert-OH is 1. The van der Waals surface area contributed by atoms with Crippen molar-refractivity contribution in [2.45, 2.75) is 58.5 Å². The van der Waals surface area contributed by atoms with Crippen molar-refractivity contribution in [2.75, 3.05) is 13.1 Å². The molecule has 0 saturated heterocycles. The third kappa shape index (κ3) is 5.36. The number of nitrogens with one attached hydrogen (secondary N) is 1. The second kappa shape index (κ2) is 7.10. The summed E-state index contributed by atoms with van der Waals surface area (Å²) >= 11 is 0. The van der Waals surface area contributed by atoms with Crippen molar-refractivity contribution in [1.29, 1.82) is 0 Å². The Morgan fingerprint density at radius 1 is 1.33 bits per heavy atom. The number of carboxylic acids is 1. The molecule has 1 atom stereocenters. The van der Waals surface area contributed by atoms with Crippen LogP contribution in [0.25, 0.3) is 0 Å². The molecule has 0 spiro atoms. The molecule has 0 aliphatic heterocycles. The molecule has 0 bridgehead atoms. The standard InChI is InChI=1S/C14H27NO3/c1-14(2,11-6-4-3-5-7-11)10-15-9-12(16)8-13(17)18/h11-12,15-16H,3-10H2,1-2H3,(H,17,18). The number of carbonyl (C=O) groups is 1. The Labute approximate surface area is 110 Å². The number of hydrogen-bond donors (Lipinski definition) is 3. The second-order valence-electron chi connectivity index (χ2n) is 6.21. The maximum Gasteiger partial charge on any atom is 0.306 e. The Kier molecular flexibility index (Phi) is 6.09. The maximum absolute atomic E-state index is 10.4. The zero-order chi connectivity index (χ0) is 13.6. The topological polar surface area (TPSA) is 69.6 Å². The summed E-state index contributed by atoms with van der Waals surface area (Å²) in [6, 6.07) is 0. The largest absolute Gasteiger partial charge is 0.481 e. The Morgan fingerprint density at radius 2 is 1.94 bits per heavy atom. The van der Waals surface area contributed by atoms with Crippen LogP contribution >= 0.6 is 0 Å². The molecule has 0 heterocycles. The van der Waals surface area contributed by atoms with Crippen LogP contribution in [0.15, 0.2) is 0 Å². The molecule has 1 fully saturated rings. The fourth-order valence-corrected chi connectivity index (χ4v) is 2.86. The zero-order valence-corrected chi connectivity index (χ0v) is 11.6. The summed E-state index contributed by atoms with van der Waals surface area (Å²) in [5.41, 5.74) is 0.226. The van der Waals surface area contributed by atoms with Gasteiger partial charge in [-0.2, -0.15) is 0 Å². The van der Waals surface area contributed by atoms with Crippen LogP contribution in [0.3, 0.4) is 0 Å². The van der Waals surface area contributed by atoms with Gasteiger partial charge < -0.3 is 15.5 Å². The minimum Gasteiger partial charge on any atom is -0.481 e. The lowest BCUT2D eigenvalue weighted by Gasteiger charge is -2.37. The minimum absolute atomic E-state index is 0.184. The van der Waals surface area contributed by atoms with E-state index in [4.69, 9.17) is 5.11 Å². The second-order valence-corrected chi connectivity index (χ2v) is 6.21. The van der Waals surface area contributed by atoms with E-state index < -0.39 is 12.1 Å². The number of aliphatic carboxylic acids is 1. The highest BCUT2D eigenvalue weighted by Crippen LogP contribution is 2.37. The number of aliphatic hydroxyl groups is 1. The fourth-order valence-electron chi connectivity index (χ4n) is 2.86. The van der Waals surface area contributed by atoms with Gasteiger partial charge in [0.25, 0.3) is 0 Å². The summed E-state index contributed by atoms with van der Waals surface area (Å²) in [5, 5.41) is 21.3. The van der Waals surface area contributed by atoms with Crippen LogP contribution in [0.2, 0.25) is 0 Å². The molecule has 1 unspecified atom stereocenters. The molecular formula is C14H27NO3. The fraction of sp³-hybridized carbons (Fsp3) is 0.929. The summed E-state index contributed by atoms with van der Waals surface area (Å²) in [7, 11) is 0. The van der Waals surface area contributed by atoms with Crippen molar-refractivity contribution >= 4 is 5.97 Å². The first-order valence-corrected chi connectivity index (χ1v) is 7.02. The molecule has 0 amide bonds. The highest BCUT2D eigenvalue weighted by Gasteiger charge is 2.30. The van der Waals surface area contributed by atoms with Gasteiger partial charge in [0.05, 0.1) is 12.5 Å². The lowest BCUT2D eigenvalue weighted by atomic mass is 9.71. The van der Waals surface area contributed by atoms with Crippen LogP contribution in [0, 0.1) is 11.3 Å². The van der Waals surface area contributed by atoms with Crippen molar-refractivity contribution in [3.8, 4) is 0 Å². The van der Waals surface area contributed by atoms with Gasteiger partial charge in [0.15, 0.2) is 0 Å². The molecule has 1 aliphatic carbocycles. The van der Waals surface area contributed by atoms with Gasteiger partial charge in [-0.1, -0.05) is 33.1 Å². The van der Waals surface area contributed by atoms with Crippen molar-refractivity contribution in [3.05, 3.63) is 0 Å². The van der Waals surface area contributed by atoms with Crippen molar-refractivity contribution in [3.63, 3.8) is 0 Å². The molecule has 1 aliphatic rings. The molecule has 1 saturated carbocycles. The van der Waals surface area contributed by atoms with Gasteiger partial charge in [-0.05, 0) is 24.2 Å². The third-order valence-corrected chi connectivity index (χ3v) is 4.08. The number of hydrogen-bond acceptors (Lipinski definition) is 3. The van der Waals surface area contributed by atoms with E-state index in [9.17, 15) is 9.90 Å². The Balaban J connectivity index is 2.25. The van der Waals surface area contributed by atoms with E-state index >= 15 is 0 Å². The normalized spacial score (nSPS) is 19.7. The predicted octanol–water partition coefficient (Wildman–Crippen LogP) is 2.02. The SMILES string of the molecule is CC(C)(CNCC(O)CC(=O)O)C1CCCCC1. The molecule has 18 heavy (non-hydrogen) atoms. The highest BCUT2D eigenvalue weighted by atomic mass is 16.4. The molecule has 4 nitrogen and oxygen atoms in total. The summed E-state index contributed by atoms with van der Waals surface area (Å²) in [5.74, 6) is -0.203. The lowest BCUT2D eigenvalue weighted by molar-refractivity contribution is -0.139. The van der Waals surface area contributed by atoms with E-state index in [0.717, 1.165) is 12.5 Å². The molecule has 1 rings (SSSR count). The summed E-state index contributed by atoms with van der Waals surface area (Å²) in [6.45, 7) is 5.73. The molecule has 0 aromatic carbocycles. The number of rotatable bonds is 7. The zero-order valence-electron chi connectivity index (χ0n) is 11.6. The van der Waals surface area contributed by atoms with E-state index in [0.29, 0.717) is 6.54 Å². The molecule has 106 valence electrons. The molecule has 0 aromatic rings. The number of carboxylic acid groups (broad SMARTS) is 1. The van der Waals surface area contributed by atoms with E-state index in [2.05, 4.69) is 19.2 Å². The summed E-state index contributed by atoms with van der Waals surface area (Å²) < 4.78 is 0. The van der Waals surface area contributed by atoms with Gasteiger partial charge in [-0.3, -0.25) is 4.79 Å². The van der Waals surface area contributed by atoms with Gasteiger partial charge in [0.1, 0.15) is 0 Å². The third-order valence-electron chi connectivity index (χ3n) is 4.08. The van der Waals surface area contributed by atoms with Gasteiger partial charge in [0.2, 0.25) is 0 Å². The van der Waals surface area contributed by atoms with Crippen molar-refractivity contribution < 1.29 is 15.0 Å². The van der Waals surface area contributed by atoms with E-state index in [1.807, 2.05) is 0 Å². The van der Waals surface area contributed by atoms with E-state index in [1.165, 1.54) is 32.1 Å². The van der Waals surface area contributed by atoms with E-state index in [-0.39, 0.29) is 11.8 Å². The molecule has 0 aromatic heterocycles. The highest BCUT2D eigenvalue weighted by molar-refractivity contribution is 5.67. The van der Waals surface area contributed by atoms with Gasteiger partial charge >= 0.3 is 5.97 Å². The average molecular weight is 257 g/mol. The van der Waals surface area contributed by atoms with Crippen LogP contribution in [-0.2, 0) is 4.79 Å². The van der Waals surface area contributed by atoms with Crippen LogP contribution < -0.4 is 5.32 Å². The first-order valence-electron chi connectivity index (χ1n) is 7.02. The molecule has 3 N–H and O–H groups in total. The Bertz CT molecular complexity index is 260. The summed E-state index contributed by atoms with van der Waals surface area (Å²) in [6.07, 6.45) is 5.64. The van der Waals surface area contributed by atoms with Crippen LogP contribution in [0.1, 0.15) is 52.4 Å². The van der Waals surface area contributed by atoms with E-state index in [1.54, 1.807) is 0 Å². The quantitative estimate of drug-likeness (QED) is 0.652. The summed E-state index contributed by atoms with van der Waals surface area (Å²) in [4.78, 5) is 10.4. The minimum atomic E-state index is -0.948.